The largest absolute Gasteiger partial charge is 0.376 e. The van der Waals surface area contributed by atoms with Crippen LogP contribution in [0.3, 0.4) is 0 Å². The average Bonchev–Trinajstić information content (AvgIpc) is 2.06. The molecule has 0 saturated carbocycles. The highest BCUT2D eigenvalue weighted by molar-refractivity contribution is 5.25. The highest BCUT2D eigenvalue weighted by Crippen LogP contribution is 2.06. The van der Waals surface area contributed by atoms with Crippen molar-refractivity contribution < 1.29 is 0 Å². The third kappa shape index (κ3) is 4.37. The summed E-state index contributed by atoms with van der Waals surface area (Å²) in [5.74, 6) is 0. The van der Waals surface area contributed by atoms with Crippen molar-refractivity contribution in [3.63, 3.8) is 0 Å². The second-order valence-electron chi connectivity index (χ2n) is 2.98. The minimum Gasteiger partial charge on any atom is -0.376 e. The minimum absolute atomic E-state index is 1.01. The van der Waals surface area contributed by atoms with Gasteiger partial charge >= 0.3 is 0 Å². The van der Waals surface area contributed by atoms with Gasteiger partial charge in [-0.05, 0) is 39.3 Å². The van der Waals surface area contributed by atoms with Crippen LogP contribution in [0.25, 0.3) is 0 Å². The summed E-state index contributed by atoms with van der Waals surface area (Å²) in [4.78, 5) is 2.26. The summed E-state index contributed by atoms with van der Waals surface area (Å²) in [5, 5.41) is 8.43. The van der Waals surface area contributed by atoms with Crippen molar-refractivity contribution >= 4 is 0 Å². The SMILES string of the molecule is CCN(CC)/C(C)=C/C(C)=C/C#N. The van der Waals surface area contributed by atoms with Crippen molar-refractivity contribution in [3.05, 3.63) is 23.4 Å². The molecular formula is C11H18N2. The van der Waals surface area contributed by atoms with Gasteiger partial charge in [-0.3, -0.25) is 0 Å². The van der Waals surface area contributed by atoms with E-state index in [1.165, 1.54) is 5.70 Å². The van der Waals surface area contributed by atoms with Crippen LogP contribution in [-0.4, -0.2) is 18.0 Å². The van der Waals surface area contributed by atoms with Gasteiger partial charge in [-0.15, -0.1) is 0 Å². The van der Waals surface area contributed by atoms with Gasteiger partial charge in [0.2, 0.25) is 0 Å². The number of rotatable bonds is 4. The Morgan fingerprint density at radius 2 is 1.85 bits per heavy atom. The van der Waals surface area contributed by atoms with Gasteiger partial charge in [0.05, 0.1) is 6.07 Å². The lowest BCUT2D eigenvalue weighted by Gasteiger charge is -2.21. The van der Waals surface area contributed by atoms with E-state index < -0.39 is 0 Å². The van der Waals surface area contributed by atoms with Gasteiger partial charge in [-0.25, -0.2) is 0 Å². The van der Waals surface area contributed by atoms with Crippen molar-refractivity contribution in [1.82, 2.24) is 4.90 Å². The molecule has 0 rings (SSSR count). The zero-order valence-corrected chi connectivity index (χ0v) is 8.96. The Bertz CT molecular complexity index is 239. The molecule has 0 bridgehead atoms. The molecule has 0 unspecified atom stereocenters. The van der Waals surface area contributed by atoms with Crippen molar-refractivity contribution in [2.24, 2.45) is 0 Å². The molecule has 13 heavy (non-hydrogen) atoms. The van der Waals surface area contributed by atoms with Gasteiger partial charge in [-0.2, -0.15) is 5.26 Å². The summed E-state index contributed by atoms with van der Waals surface area (Å²) in [6, 6.07) is 2.02. The van der Waals surface area contributed by atoms with Crippen molar-refractivity contribution in [2.45, 2.75) is 27.7 Å². The zero-order valence-electron chi connectivity index (χ0n) is 8.96. The van der Waals surface area contributed by atoms with Crippen LogP contribution in [0.2, 0.25) is 0 Å². The summed E-state index contributed by atoms with van der Waals surface area (Å²) in [6.45, 7) is 10.3. The van der Waals surface area contributed by atoms with Crippen LogP contribution in [0, 0.1) is 11.3 Å². The fraction of sp³-hybridized carbons (Fsp3) is 0.545. The Hall–Kier alpha value is -1.23. The molecule has 2 nitrogen and oxygen atoms in total. The topological polar surface area (TPSA) is 27.0 Å². The maximum Gasteiger partial charge on any atom is 0.0914 e. The Kier molecular flexibility index (Phi) is 5.71. The molecule has 0 heterocycles. The van der Waals surface area contributed by atoms with E-state index in [4.69, 9.17) is 5.26 Å². The minimum atomic E-state index is 1.01. The predicted octanol–water partition coefficient (Wildman–Crippen LogP) is 2.70. The van der Waals surface area contributed by atoms with Gasteiger partial charge in [0, 0.05) is 24.9 Å². The normalized spacial score (nSPS) is 12.5. The first-order valence-corrected chi connectivity index (χ1v) is 4.65. The predicted molar refractivity (Wildman–Crippen MR) is 56.0 cm³/mol. The molecule has 0 amide bonds. The van der Waals surface area contributed by atoms with E-state index in [0.29, 0.717) is 0 Å². The lowest BCUT2D eigenvalue weighted by atomic mass is 10.2. The maximum atomic E-state index is 8.43. The van der Waals surface area contributed by atoms with E-state index >= 15 is 0 Å². The number of hydrogen-bond acceptors (Lipinski definition) is 2. The van der Waals surface area contributed by atoms with E-state index in [-0.39, 0.29) is 0 Å². The van der Waals surface area contributed by atoms with Gasteiger partial charge in [0.15, 0.2) is 0 Å². The lowest BCUT2D eigenvalue weighted by Crippen LogP contribution is -2.20. The molecule has 2 heteroatoms. The van der Waals surface area contributed by atoms with E-state index in [1.807, 2.05) is 19.1 Å². The highest BCUT2D eigenvalue weighted by Gasteiger charge is 1.98. The van der Waals surface area contributed by atoms with Gasteiger partial charge in [0.1, 0.15) is 0 Å². The van der Waals surface area contributed by atoms with Crippen LogP contribution >= 0.6 is 0 Å². The number of allylic oxidation sites excluding steroid dienone is 4. The molecule has 0 radical (unpaired) electrons. The summed E-state index contributed by atoms with van der Waals surface area (Å²) in [7, 11) is 0. The summed E-state index contributed by atoms with van der Waals surface area (Å²) < 4.78 is 0. The van der Waals surface area contributed by atoms with Crippen molar-refractivity contribution in [2.75, 3.05) is 13.1 Å². The van der Waals surface area contributed by atoms with Gasteiger partial charge in [0.25, 0.3) is 0 Å². The molecule has 0 aromatic carbocycles. The van der Waals surface area contributed by atoms with Crippen molar-refractivity contribution in [3.8, 4) is 6.07 Å². The Morgan fingerprint density at radius 1 is 1.31 bits per heavy atom. The Balaban J connectivity index is 4.48. The van der Waals surface area contributed by atoms with Crippen LogP contribution in [-0.2, 0) is 0 Å². The monoisotopic (exact) mass is 178 g/mol. The third-order valence-electron chi connectivity index (χ3n) is 1.99. The van der Waals surface area contributed by atoms with Gasteiger partial charge in [-0.1, -0.05) is 0 Å². The summed E-state index contributed by atoms with van der Waals surface area (Å²) in [5.41, 5.74) is 2.22. The molecule has 0 spiro atoms. The van der Waals surface area contributed by atoms with Gasteiger partial charge < -0.3 is 4.90 Å². The third-order valence-corrected chi connectivity index (χ3v) is 1.99. The molecule has 0 aromatic rings. The molecule has 0 fully saturated rings. The number of nitrogens with zero attached hydrogens (tertiary/aromatic N) is 2. The quantitative estimate of drug-likeness (QED) is 0.489. The average molecular weight is 178 g/mol. The van der Waals surface area contributed by atoms with E-state index in [9.17, 15) is 0 Å². The summed E-state index contributed by atoms with van der Waals surface area (Å²) >= 11 is 0. The van der Waals surface area contributed by atoms with Crippen LogP contribution in [0.15, 0.2) is 23.4 Å². The second-order valence-corrected chi connectivity index (χ2v) is 2.98. The molecule has 0 aliphatic carbocycles. The van der Waals surface area contributed by atoms with Crippen LogP contribution in [0.4, 0.5) is 0 Å². The molecule has 0 aromatic heterocycles. The fourth-order valence-electron chi connectivity index (χ4n) is 1.29. The van der Waals surface area contributed by atoms with E-state index in [1.54, 1.807) is 6.08 Å². The molecule has 0 saturated heterocycles. The standard InChI is InChI=1S/C11H18N2/c1-5-13(6-2)11(4)9-10(3)7-8-12/h7,9H,5-6H2,1-4H3/b10-7+,11-9+. The second kappa shape index (κ2) is 6.30. The first-order chi connectivity index (χ1) is 6.15. The molecule has 0 N–H and O–H groups in total. The smallest absolute Gasteiger partial charge is 0.0914 e. The van der Waals surface area contributed by atoms with E-state index in [0.717, 1.165) is 18.7 Å². The zero-order chi connectivity index (χ0) is 10.3. The molecule has 0 atom stereocenters. The van der Waals surface area contributed by atoms with Crippen molar-refractivity contribution in [1.29, 1.82) is 5.26 Å². The first kappa shape index (κ1) is 11.8. The Morgan fingerprint density at radius 3 is 2.23 bits per heavy atom. The summed E-state index contributed by atoms with van der Waals surface area (Å²) in [6.07, 6.45) is 3.60. The number of nitriles is 1. The lowest BCUT2D eigenvalue weighted by molar-refractivity contribution is 0.383. The number of hydrogen-bond donors (Lipinski definition) is 0. The molecule has 0 aliphatic rings. The van der Waals surface area contributed by atoms with Crippen LogP contribution < -0.4 is 0 Å². The molecule has 0 aliphatic heterocycles. The highest BCUT2D eigenvalue weighted by atomic mass is 15.1. The Labute approximate surface area is 81.2 Å². The first-order valence-electron chi connectivity index (χ1n) is 4.65. The maximum absolute atomic E-state index is 8.43. The molecular weight excluding hydrogens is 160 g/mol. The van der Waals surface area contributed by atoms with E-state index in [2.05, 4.69) is 25.7 Å². The fourth-order valence-corrected chi connectivity index (χ4v) is 1.29. The van der Waals surface area contributed by atoms with Crippen LogP contribution in [0.5, 0.6) is 0 Å². The van der Waals surface area contributed by atoms with Crippen LogP contribution in [0.1, 0.15) is 27.7 Å². The molecule has 72 valence electrons.